The molecule has 0 atom stereocenters. The minimum atomic E-state index is 0.308. The third-order valence-corrected chi connectivity index (χ3v) is 4.77. The first-order valence-corrected chi connectivity index (χ1v) is 8.81. The molecule has 1 aliphatic heterocycles. The van der Waals surface area contributed by atoms with Gasteiger partial charge in [0.05, 0.1) is 25.6 Å². The van der Waals surface area contributed by atoms with Crippen molar-refractivity contribution < 1.29 is 9.47 Å². The van der Waals surface area contributed by atoms with Crippen LogP contribution in [-0.4, -0.2) is 29.1 Å². The van der Waals surface area contributed by atoms with Gasteiger partial charge < -0.3 is 15.2 Å². The Labute approximate surface area is 158 Å². The van der Waals surface area contributed by atoms with E-state index in [1.807, 2.05) is 36.4 Å². The third-order valence-electron chi connectivity index (χ3n) is 4.77. The van der Waals surface area contributed by atoms with Crippen LogP contribution in [0.1, 0.15) is 16.8 Å². The van der Waals surface area contributed by atoms with Crippen molar-refractivity contribution in [3.63, 3.8) is 0 Å². The Bertz CT molecular complexity index is 957. The van der Waals surface area contributed by atoms with Gasteiger partial charge in [-0.05, 0) is 42.0 Å². The van der Waals surface area contributed by atoms with Crippen molar-refractivity contribution in [1.29, 1.82) is 0 Å². The molecule has 0 saturated carbocycles. The van der Waals surface area contributed by atoms with Gasteiger partial charge in [-0.25, -0.2) is 9.97 Å². The zero-order valence-electron chi connectivity index (χ0n) is 15.5. The average molecular weight is 362 g/mol. The second-order valence-electron chi connectivity index (χ2n) is 6.58. The summed E-state index contributed by atoms with van der Waals surface area (Å²) in [5, 5.41) is 0. The molecule has 2 heterocycles. The van der Waals surface area contributed by atoms with Gasteiger partial charge in [-0.15, -0.1) is 0 Å². The van der Waals surface area contributed by atoms with Gasteiger partial charge in [0.15, 0.2) is 0 Å². The van der Waals surface area contributed by atoms with Gasteiger partial charge >= 0.3 is 0 Å². The first kappa shape index (κ1) is 17.3. The highest BCUT2D eigenvalue weighted by molar-refractivity contribution is 5.66. The SMILES string of the molecule is COc1ccc(-c2nc(N)nc3c2CN(Cc2cccc(OC)c2)C3)cc1. The number of hydrogen-bond donors (Lipinski definition) is 1. The molecule has 0 bridgehead atoms. The van der Waals surface area contributed by atoms with E-state index >= 15 is 0 Å². The average Bonchev–Trinajstić information content (AvgIpc) is 3.09. The predicted octanol–water partition coefficient (Wildman–Crippen LogP) is 3.26. The number of methoxy groups -OCH3 is 2. The van der Waals surface area contributed by atoms with Crippen LogP contribution in [0.2, 0.25) is 0 Å². The number of hydrogen-bond acceptors (Lipinski definition) is 6. The van der Waals surface area contributed by atoms with Crippen molar-refractivity contribution in [3.8, 4) is 22.8 Å². The van der Waals surface area contributed by atoms with Gasteiger partial charge in [-0.2, -0.15) is 0 Å². The summed E-state index contributed by atoms with van der Waals surface area (Å²) in [6.45, 7) is 2.35. The molecule has 2 aromatic carbocycles. The fourth-order valence-electron chi connectivity index (χ4n) is 3.47. The van der Waals surface area contributed by atoms with E-state index in [0.29, 0.717) is 5.95 Å². The molecule has 2 N–H and O–H groups in total. The molecule has 6 heteroatoms. The second-order valence-corrected chi connectivity index (χ2v) is 6.58. The smallest absolute Gasteiger partial charge is 0.220 e. The van der Waals surface area contributed by atoms with Gasteiger partial charge in [-0.1, -0.05) is 12.1 Å². The summed E-state index contributed by atoms with van der Waals surface area (Å²) in [4.78, 5) is 11.3. The number of fused-ring (bicyclic) bond motifs is 1. The number of benzene rings is 2. The molecule has 0 unspecified atom stereocenters. The van der Waals surface area contributed by atoms with Crippen LogP contribution >= 0.6 is 0 Å². The number of aromatic nitrogens is 2. The van der Waals surface area contributed by atoms with Crippen LogP contribution in [0.3, 0.4) is 0 Å². The van der Waals surface area contributed by atoms with Crippen molar-refractivity contribution in [2.24, 2.45) is 0 Å². The van der Waals surface area contributed by atoms with E-state index in [1.165, 1.54) is 5.56 Å². The molecular weight excluding hydrogens is 340 g/mol. The summed E-state index contributed by atoms with van der Waals surface area (Å²) in [6.07, 6.45) is 0. The standard InChI is InChI=1S/C21H22N4O2/c1-26-16-8-6-15(7-9-16)20-18-12-25(13-19(18)23-21(22)24-20)11-14-4-3-5-17(10-14)27-2/h3-10H,11-13H2,1-2H3,(H2,22,23,24). The Balaban J connectivity index is 1.61. The maximum atomic E-state index is 5.98. The lowest BCUT2D eigenvalue weighted by Gasteiger charge is -2.15. The normalized spacial score (nSPS) is 13.4. The first-order chi connectivity index (χ1) is 13.2. The summed E-state index contributed by atoms with van der Waals surface area (Å²) in [5.74, 6) is 1.99. The zero-order chi connectivity index (χ0) is 18.8. The van der Waals surface area contributed by atoms with Crippen LogP contribution in [0, 0.1) is 0 Å². The van der Waals surface area contributed by atoms with E-state index in [1.54, 1.807) is 14.2 Å². The van der Waals surface area contributed by atoms with Crippen LogP contribution in [0.4, 0.5) is 5.95 Å². The van der Waals surface area contributed by atoms with E-state index in [4.69, 9.17) is 15.2 Å². The minimum absolute atomic E-state index is 0.308. The van der Waals surface area contributed by atoms with Crippen molar-refractivity contribution in [3.05, 3.63) is 65.4 Å². The lowest BCUT2D eigenvalue weighted by atomic mass is 10.1. The molecule has 1 aliphatic rings. The minimum Gasteiger partial charge on any atom is -0.497 e. The number of rotatable bonds is 5. The summed E-state index contributed by atoms with van der Waals surface area (Å²) in [6, 6.07) is 16.0. The van der Waals surface area contributed by atoms with Gasteiger partial charge in [-0.3, -0.25) is 4.90 Å². The fraction of sp³-hybridized carbons (Fsp3) is 0.238. The first-order valence-electron chi connectivity index (χ1n) is 8.81. The van der Waals surface area contributed by atoms with Crippen LogP contribution in [-0.2, 0) is 19.6 Å². The van der Waals surface area contributed by atoms with Crippen LogP contribution in [0.15, 0.2) is 48.5 Å². The molecule has 6 nitrogen and oxygen atoms in total. The second kappa shape index (κ2) is 7.25. The maximum absolute atomic E-state index is 5.98. The molecule has 0 fully saturated rings. The molecule has 0 amide bonds. The number of nitrogens with zero attached hydrogens (tertiary/aromatic N) is 3. The Morgan fingerprint density at radius 1 is 0.963 bits per heavy atom. The molecule has 138 valence electrons. The molecule has 0 radical (unpaired) electrons. The van der Waals surface area contributed by atoms with Crippen molar-refractivity contribution in [2.45, 2.75) is 19.6 Å². The molecule has 0 spiro atoms. The van der Waals surface area contributed by atoms with Gasteiger partial charge in [0.1, 0.15) is 11.5 Å². The largest absolute Gasteiger partial charge is 0.497 e. The highest BCUT2D eigenvalue weighted by Gasteiger charge is 2.25. The van der Waals surface area contributed by atoms with E-state index in [-0.39, 0.29) is 0 Å². The molecule has 27 heavy (non-hydrogen) atoms. The predicted molar refractivity (Wildman–Crippen MR) is 104 cm³/mol. The van der Waals surface area contributed by atoms with Crippen LogP contribution < -0.4 is 15.2 Å². The molecule has 3 aromatic rings. The number of anilines is 1. The van der Waals surface area contributed by atoms with Crippen LogP contribution in [0.5, 0.6) is 11.5 Å². The van der Waals surface area contributed by atoms with E-state index in [2.05, 4.69) is 27.0 Å². The van der Waals surface area contributed by atoms with Gasteiger partial charge in [0.2, 0.25) is 5.95 Å². The summed E-state index contributed by atoms with van der Waals surface area (Å²) >= 11 is 0. The Kier molecular flexibility index (Phi) is 4.64. The lowest BCUT2D eigenvalue weighted by molar-refractivity contribution is 0.273. The quantitative estimate of drug-likeness (QED) is 0.751. The number of nitrogen functional groups attached to an aromatic ring is 1. The summed E-state index contributed by atoms with van der Waals surface area (Å²) < 4.78 is 10.6. The molecular formula is C21H22N4O2. The third kappa shape index (κ3) is 3.57. The fourth-order valence-corrected chi connectivity index (χ4v) is 3.47. The number of nitrogens with two attached hydrogens (primary N) is 1. The van der Waals surface area contributed by atoms with Crippen molar-refractivity contribution in [2.75, 3.05) is 20.0 Å². The lowest BCUT2D eigenvalue weighted by Crippen LogP contribution is -2.15. The number of ether oxygens (including phenoxy) is 2. The summed E-state index contributed by atoms with van der Waals surface area (Å²) in [5.41, 5.74) is 11.2. The van der Waals surface area contributed by atoms with Crippen molar-refractivity contribution in [1.82, 2.24) is 14.9 Å². The van der Waals surface area contributed by atoms with Gasteiger partial charge in [0, 0.05) is 30.8 Å². The van der Waals surface area contributed by atoms with Crippen molar-refractivity contribution >= 4 is 5.95 Å². The van der Waals surface area contributed by atoms with E-state index in [0.717, 1.165) is 53.6 Å². The summed E-state index contributed by atoms with van der Waals surface area (Å²) in [7, 11) is 3.34. The molecule has 4 rings (SSSR count). The Hall–Kier alpha value is -3.12. The molecule has 1 aromatic heterocycles. The highest BCUT2D eigenvalue weighted by Crippen LogP contribution is 2.32. The Morgan fingerprint density at radius 2 is 1.74 bits per heavy atom. The van der Waals surface area contributed by atoms with E-state index < -0.39 is 0 Å². The topological polar surface area (TPSA) is 73.5 Å². The van der Waals surface area contributed by atoms with E-state index in [9.17, 15) is 0 Å². The zero-order valence-corrected chi connectivity index (χ0v) is 15.5. The van der Waals surface area contributed by atoms with Crippen LogP contribution in [0.25, 0.3) is 11.3 Å². The maximum Gasteiger partial charge on any atom is 0.220 e. The highest BCUT2D eigenvalue weighted by atomic mass is 16.5. The Morgan fingerprint density at radius 3 is 2.48 bits per heavy atom. The van der Waals surface area contributed by atoms with Gasteiger partial charge in [0.25, 0.3) is 0 Å². The molecule has 0 saturated heterocycles. The monoisotopic (exact) mass is 362 g/mol. The molecule has 0 aliphatic carbocycles.